The molecule has 0 radical (unpaired) electrons. The highest BCUT2D eigenvalue weighted by Crippen LogP contribution is 2.46. The van der Waals surface area contributed by atoms with Crippen molar-refractivity contribution in [3.05, 3.63) is 16.5 Å². The molecular weight excluding hydrogens is 274 g/mol. The molecule has 18 heavy (non-hydrogen) atoms. The van der Waals surface area contributed by atoms with E-state index in [1.807, 2.05) is 5.38 Å². The number of carbonyl (C=O) groups is 2. The summed E-state index contributed by atoms with van der Waals surface area (Å²) in [6.45, 7) is 2.08. The molecule has 1 aromatic heterocycles. The average molecular weight is 288 g/mol. The molecule has 0 aliphatic heterocycles. The Morgan fingerprint density at radius 2 is 2.28 bits per heavy atom. The van der Waals surface area contributed by atoms with Crippen molar-refractivity contribution >= 4 is 39.8 Å². The number of hydrogen-bond acceptors (Lipinski definition) is 4. The summed E-state index contributed by atoms with van der Waals surface area (Å²) >= 11 is 6.80. The fourth-order valence-electron chi connectivity index (χ4n) is 1.73. The number of ether oxygens (including phenoxy) is 1. The van der Waals surface area contributed by atoms with E-state index >= 15 is 0 Å². The van der Waals surface area contributed by atoms with Gasteiger partial charge >= 0.3 is 5.97 Å². The Balaban J connectivity index is 2.28. The fourth-order valence-corrected chi connectivity index (χ4v) is 2.85. The summed E-state index contributed by atoms with van der Waals surface area (Å²) in [7, 11) is 0. The van der Waals surface area contributed by atoms with Crippen LogP contribution in [0.15, 0.2) is 5.38 Å². The Hall–Kier alpha value is -1.07. The van der Waals surface area contributed by atoms with E-state index < -0.39 is 0 Å². The maximum absolute atomic E-state index is 11.9. The predicted octanol–water partition coefficient (Wildman–Crippen LogP) is 2.98. The van der Waals surface area contributed by atoms with Gasteiger partial charge < -0.3 is 10.1 Å². The molecular formula is C12H14ClNO3S. The molecule has 1 aliphatic rings. The zero-order chi connectivity index (χ0) is 13.1. The number of anilines is 1. The van der Waals surface area contributed by atoms with Gasteiger partial charge in [0.2, 0.25) is 5.91 Å². The van der Waals surface area contributed by atoms with Crippen LogP contribution in [0.4, 0.5) is 5.00 Å². The van der Waals surface area contributed by atoms with E-state index in [4.69, 9.17) is 16.3 Å². The first-order valence-corrected chi connectivity index (χ1v) is 7.23. The zero-order valence-corrected chi connectivity index (χ0v) is 11.6. The molecule has 0 unspecified atom stereocenters. The Labute approximate surface area is 114 Å². The lowest BCUT2D eigenvalue weighted by Gasteiger charge is -2.07. The van der Waals surface area contributed by atoms with Crippen molar-refractivity contribution in [2.45, 2.75) is 25.7 Å². The van der Waals surface area contributed by atoms with Crippen LogP contribution in [0.3, 0.4) is 0 Å². The first-order valence-electron chi connectivity index (χ1n) is 5.81. The minimum absolute atomic E-state index is 0.126. The van der Waals surface area contributed by atoms with Crippen LogP contribution in [0.2, 0.25) is 0 Å². The quantitative estimate of drug-likeness (QED) is 0.669. The van der Waals surface area contributed by atoms with Gasteiger partial charge in [-0.3, -0.25) is 4.79 Å². The third-order valence-corrected chi connectivity index (χ3v) is 3.85. The number of rotatable bonds is 5. The van der Waals surface area contributed by atoms with Gasteiger partial charge in [-0.1, -0.05) is 0 Å². The fraction of sp³-hybridized carbons (Fsp3) is 0.500. The molecule has 0 saturated heterocycles. The summed E-state index contributed by atoms with van der Waals surface area (Å²) in [5, 5.41) is 5.12. The van der Waals surface area contributed by atoms with E-state index in [2.05, 4.69) is 5.32 Å². The molecule has 0 aromatic carbocycles. The van der Waals surface area contributed by atoms with Crippen LogP contribution >= 0.6 is 22.9 Å². The van der Waals surface area contributed by atoms with Crippen molar-refractivity contribution in [2.24, 2.45) is 0 Å². The molecule has 1 heterocycles. The lowest BCUT2D eigenvalue weighted by Crippen LogP contribution is -2.15. The second kappa shape index (κ2) is 5.71. The Kier molecular flexibility index (Phi) is 4.24. The molecule has 1 saturated carbocycles. The molecule has 1 aromatic rings. The third kappa shape index (κ3) is 2.84. The second-order valence-electron chi connectivity index (χ2n) is 4.07. The first-order chi connectivity index (χ1) is 8.67. The normalized spacial score (nSPS) is 14.3. The molecule has 1 aliphatic carbocycles. The second-order valence-corrected chi connectivity index (χ2v) is 5.22. The average Bonchev–Trinajstić information content (AvgIpc) is 3.11. The van der Waals surface area contributed by atoms with E-state index in [1.165, 1.54) is 11.3 Å². The molecule has 1 N–H and O–H groups in total. The summed E-state index contributed by atoms with van der Waals surface area (Å²) in [6.07, 6.45) is 2.18. The van der Waals surface area contributed by atoms with Crippen LogP contribution in [-0.2, 0) is 9.53 Å². The summed E-state index contributed by atoms with van der Waals surface area (Å²) in [6, 6.07) is 0. The van der Waals surface area contributed by atoms with E-state index in [9.17, 15) is 9.59 Å². The van der Waals surface area contributed by atoms with Gasteiger partial charge in [-0.05, 0) is 36.6 Å². The number of amides is 1. The van der Waals surface area contributed by atoms with Crippen molar-refractivity contribution in [1.29, 1.82) is 0 Å². The number of thiophene rings is 1. The van der Waals surface area contributed by atoms with Crippen LogP contribution in [0.25, 0.3) is 0 Å². The smallest absolute Gasteiger partial charge is 0.341 e. The van der Waals surface area contributed by atoms with Gasteiger partial charge in [-0.2, -0.15) is 0 Å². The molecule has 1 fully saturated rings. The summed E-state index contributed by atoms with van der Waals surface area (Å²) < 4.78 is 5.04. The molecule has 4 nitrogen and oxygen atoms in total. The minimum atomic E-state index is -0.370. The van der Waals surface area contributed by atoms with E-state index in [-0.39, 0.29) is 17.8 Å². The molecule has 6 heteroatoms. The van der Waals surface area contributed by atoms with Gasteiger partial charge in [0.25, 0.3) is 0 Å². The van der Waals surface area contributed by atoms with Crippen LogP contribution < -0.4 is 5.32 Å². The van der Waals surface area contributed by atoms with Crippen molar-refractivity contribution < 1.29 is 14.3 Å². The predicted molar refractivity (Wildman–Crippen MR) is 71.6 cm³/mol. The van der Waals surface area contributed by atoms with Gasteiger partial charge in [0.15, 0.2) is 0 Å². The van der Waals surface area contributed by atoms with E-state index in [1.54, 1.807) is 6.92 Å². The number of nitrogens with one attached hydrogen (secondary N) is 1. The summed E-state index contributed by atoms with van der Waals surface area (Å²) in [4.78, 5) is 23.3. The molecule has 2 rings (SSSR count). The van der Waals surface area contributed by atoms with Gasteiger partial charge in [0, 0.05) is 0 Å². The monoisotopic (exact) mass is 287 g/mol. The number of esters is 1. The van der Waals surface area contributed by atoms with Crippen molar-refractivity contribution in [1.82, 2.24) is 0 Å². The standard InChI is InChI=1S/C12H14ClNO3S/c1-2-17-12(16)10-8(7-3-4-7)6-18-11(10)14-9(15)5-13/h6-7H,2-5H2,1H3,(H,14,15). The Bertz CT molecular complexity index is 468. The van der Waals surface area contributed by atoms with Crippen molar-refractivity contribution in [2.75, 3.05) is 17.8 Å². The summed E-state index contributed by atoms with van der Waals surface area (Å²) in [5.74, 6) is -0.377. The molecule has 0 bridgehead atoms. The lowest BCUT2D eigenvalue weighted by molar-refractivity contribution is -0.113. The van der Waals surface area contributed by atoms with Gasteiger partial charge in [-0.15, -0.1) is 22.9 Å². The van der Waals surface area contributed by atoms with Gasteiger partial charge in [0.1, 0.15) is 10.9 Å². The van der Waals surface area contributed by atoms with E-state index in [0.717, 1.165) is 18.4 Å². The summed E-state index contributed by atoms with van der Waals surface area (Å²) in [5.41, 5.74) is 1.49. The number of alkyl halides is 1. The number of carbonyl (C=O) groups excluding carboxylic acids is 2. The minimum Gasteiger partial charge on any atom is -0.462 e. The maximum atomic E-state index is 11.9. The molecule has 1 amide bonds. The largest absolute Gasteiger partial charge is 0.462 e. The molecule has 0 spiro atoms. The highest BCUT2D eigenvalue weighted by molar-refractivity contribution is 7.15. The topological polar surface area (TPSA) is 55.4 Å². The van der Waals surface area contributed by atoms with E-state index in [0.29, 0.717) is 23.1 Å². The van der Waals surface area contributed by atoms with Crippen molar-refractivity contribution in [3.63, 3.8) is 0 Å². The van der Waals surface area contributed by atoms with Crippen LogP contribution in [0.5, 0.6) is 0 Å². The molecule has 98 valence electrons. The Morgan fingerprint density at radius 3 is 2.83 bits per heavy atom. The van der Waals surface area contributed by atoms with Crippen molar-refractivity contribution in [3.8, 4) is 0 Å². The highest BCUT2D eigenvalue weighted by atomic mass is 35.5. The zero-order valence-electron chi connectivity index (χ0n) is 9.99. The first kappa shape index (κ1) is 13.4. The van der Waals surface area contributed by atoms with Crippen LogP contribution in [0, 0.1) is 0 Å². The van der Waals surface area contributed by atoms with Crippen LogP contribution in [-0.4, -0.2) is 24.4 Å². The third-order valence-electron chi connectivity index (χ3n) is 2.69. The SMILES string of the molecule is CCOC(=O)c1c(C2CC2)csc1NC(=O)CCl. The Morgan fingerprint density at radius 1 is 1.56 bits per heavy atom. The maximum Gasteiger partial charge on any atom is 0.341 e. The van der Waals surface area contributed by atoms with Crippen LogP contribution in [0.1, 0.15) is 41.6 Å². The van der Waals surface area contributed by atoms with Gasteiger partial charge in [-0.25, -0.2) is 4.79 Å². The lowest BCUT2D eigenvalue weighted by atomic mass is 10.1. The molecule has 0 atom stereocenters. The number of hydrogen-bond donors (Lipinski definition) is 1. The number of halogens is 1. The van der Waals surface area contributed by atoms with Gasteiger partial charge in [0.05, 0.1) is 12.2 Å². The highest BCUT2D eigenvalue weighted by Gasteiger charge is 2.32.